The van der Waals surface area contributed by atoms with E-state index in [-0.39, 0.29) is 11.5 Å². The Hall–Kier alpha value is -2.43. The molecule has 0 radical (unpaired) electrons. The standard InChI is InChI=1S/C11H16N6O2/c1-3-5-6-19-15-10(7-12)11(16-18-4-2)17-9-13-8-14-17/h8-9H,3-6H2,1-2H3. The second kappa shape index (κ2) is 8.63. The molecule has 1 aromatic rings. The molecule has 0 N–H and O–H groups in total. The van der Waals surface area contributed by atoms with Crippen LogP contribution in [-0.4, -0.2) is 39.5 Å². The van der Waals surface area contributed by atoms with Gasteiger partial charge in [0.1, 0.15) is 31.9 Å². The lowest BCUT2D eigenvalue weighted by Gasteiger charge is -2.03. The Labute approximate surface area is 111 Å². The summed E-state index contributed by atoms with van der Waals surface area (Å²) in [5.74, 6) is 0.137. The lowest BCUT2D eigenvalue weighted by Crippen LogP contribution is -2.23. The lowest BCUT2D eigenvalue weighted by atomic mass is 10.4. The van der Waals surface area contributed by atoms with Crippen molar-refractivity contribution in [2.45, 2.75) is 26.7 Å². The van der Waals surface area contributed by atoms with Crippen molar-refractivity contribution in [3.63, 3.8) is 0 Å². The highest BCUT2D eigenvalue weighted by Gasteiger charge is 2.14. The Balaban J connectivity index is 2.86. The average Bonchev–Trinajstić information content (AvgIpc) is 2.95. The van der Waals surface area contributed by atoms with Crippen LogP contribution in [0.5, 0.6) is 0 Å². The summed E-state index contributed by atoms with van der Waals surface area (Å²) in [4.78, 5) is 13.8. The van der Waals surface area contributed by atoms with Gasteiger partial charge in [-0.05, 0) is 13.3 Å². The Kier molecular flexibility index (Phi) is 6.65. The van der Waals surface area contributed by atoms with Gasteiger partial charge in [0.15, 0.2) is 0 Å². The fourth-order valence-corrected chi connectivity index (χ4v) is 1.07. The number of rotatable bonds is 7. The Bertz CT molecular complexity index is 460. The third-order valence-corrected chi connectivity index (χ3v) is 1.98. The molecule has 0 saturated carbocycles. The summed E-state index contributed by atoms with van der Waals surface area (Å²) >= 11 is 0. The summed E-state index contributed by atoms with van der Waals surface area (Å²) in [6, 6.07) is 1.90. The van der Waals surface area contributed by atoms with E-state index in [1.54, 1.807) is 6.92 Å². The molecule has 0 aliphatic carbocycles. The molecule has 102 valence electrons. The third-order valence-electron chi connectivity index (χ3n) is 1.98. The van der Waals surface area contributed by atoms with Crippen molar-refractivity contribution in [3.8, 4) is 6.07 Å². The third kappa shape index (κ3) is 4.75. The van der Waals surface area contributed by atoms with Crippen LogP contribution < -0.4 is 0 Å². The average molecular weight is 264 g/mol. The Morgan fingerprint density at radius 1 is 1.37 bits per heavy atom. The zero-order valence-corrected chi connectivity index (χ0v) is 11.0. The molecule has 0 fully saturated rings. The molecule has 8 nitrogen and oxygen atoms in total. The van der Waals surface area contributed by atoms with Gasteiger partial charge >= 0.3 is 0 Å². The molecule has 0 unspecified atom stereocenters. The second-order valence-corrected chi connectivity index (χ2v) is 3.41. The monoisotopic (exact) mass is 264 g/mol. The SMILES string of the molecule is CCCCON=C(C#N)C(=NOCC)n1cncn1. The minimum Gasteiger partial charge on any atom is -0.395 e. The predicted molar refractivity (Wildman–Crippen MR) is 68.4 cm³/mol. The van der Waals surface area contributed by atoms with E-state index in [1.165, 1.54) is 17.3 Å². The highest BCUT2D eigenvalue weighted by atomic mass is 16.6. The van der Waals surface area contributed by atoms with Crippen LogP contribution in [0.25, 0.3) is 0 Å². The van der Waals surface area contributed by atoms with Crippen LogP contribution >= 0.6 is 0 Å². The highest BCUT2D eigenvalue weighted by Crippen LogP contribution is 1.94. The van der Waals surface area contributed by atoms with E-state index in [1.807, 2.05) is 13.0 Å². The van der Waals surface area contributed by atoms with Crippen molar-refractivity contribution in [2.75, 3.05) is 13.2 Å². The van der Waals surface area contributed by atoms with E-state index in [2.05, 4.69) is 20.4 Å². The Morgan fingerprint density at radius 3 is 2.79 bits per heavy atom. The van der Waals surface area contributed by atoms with Crippen LogP contribution in [-0.2, 0) is 9.68 Å². The molecule has 19 heavy (non-hydrogen) atoms. The normalized spacial score (nSPS) is 12.1. The summed E-state index contributed by atoms with van der Waals surface area (Å²) in [5, 5.41) is 20.5. The number of hydrogen-bond acceptors (Lipinski definition) is 7. The molecule has 1 heterocycles. The van der Waals surface area contributed by atoms with Gasteiger partial charge in [0.25, 0.3) is 0 Å². The van der Waals surface area contributed by atoms with Gasteiger partial charge in [-0.25, -0.2) is 4.98 Å². The molecule has 0 saturated heterocycles. The zero-order valence-electron chi connectivity index (χ0n) is 11.0. The van der Waals surface area contributed by atoms with Gasteiger partial charge in [0, 0.05) is 0 Å². The summed E-state index contributed by atoms with van der Waals surface area (Å²) in [5.41, 5.74) is -0.0185. The minimum atomic E-state index is -0.0185. The van der Waals surface area contributed by atoms with Crippen LogP contribution in [0.2, 0.25) is 0 Å². The first-order valence-electron chi connectivity index (χ1n) is 5.98. The summed E-state index contributed by atoms with van der Waals surface area (Å²) in [6.45, 7) is 4.63. The molecule has 0 spiro atoms. The van der Waals surface area contributed by atoms with Gasteiger partial charge in [-0.3, -0.25) is 0 Å². The molecule has 0 atom stereocenters. The lowest BCUT2D eigenvalue weighted by molar-refractivity contribution is 0.141. The van der Waals surface area contributed by atoms with E-state index in [0.717, 1.165) is 12.8 Å². The van der Waals surface area contributed by atoms with Gasteiger partial charge in [-0.1, -0.05) is 23.7 Å². The van der Waals surface area contributed by atoms with Crippen molar-refractivity contribution < 1.29 is 9.68 Å². The maximum Gasteiger partial charge on any atom is 0.234 e. The number of nitriles is 1. The van der Waals surface area contributed by atoms with Gasteiger partial charge in [-0.2, -0.15) is 15.0 Å². The molecule has 0 amide bonds. The molecule has 1 aromatic heterocycles. The van der Waals surface area contributed by atoms with Crippen LogP contribution in [0.3, 0.4) is 0 Å². The van der Waals surface area contributed by atoms with Crippen LogP contribution in [0.4, 0.5) is 0 Å². The quantitative estimate of drug-likeness (QED) is 0.318. The van der Waals surface area contributed by atoms with E-state index in [9.17, 15) is 0 Å². The molecular formula is C11H16N6O2. The number of nitrogens with zero attached hydrogens (tertiary/aromatic N) is 6. The largest absolute Gasteiger partial charge is 0.395 e. The topological polar surface area (TPSA) is 97.7 Å². The van der Waals surface area contributed by atoms with E-state index < -0.39 is 0 Å². The van der Waals surface area contributed by atoms with Crippen LogP contribution in [0.1, 0.15) is 26.7 Å². The summed E-state index contributed by atoms with van der Waals surface area (Å²) < 4.78 is 1.29. The fraction of sp³-hybridized carbons (Fsp3) is 0.545. The minimum absolute atomic E-state index is 0.0185. The molecule has 0 aliphatic heterocycles. The maximum absolute atomic E-state index is 9.09. The first-order chi connectivity index (χ1) is 9.33. The summed E-state index contributed by atoms with van der Waals surface area (Å²) in [7, 11) is 0. The molecular weight excluding hydrogens is 248 g/mol. The van der Waals surface area contributed by atoms with Crippen molar-refractivity contribution in [3.05, 3.63) is 12.7 Å². The molecule has 0 aromatic carbocycles. The van der Waals surface area contributed by atoms with E-state index in [4.69, 9.17) is 14.9 Å². The van der Waals surface area contributed by atoms with E-state index >= 15 is 0 Å². The van der Waals surface area contributed by atoms with Crippen LogP contribution in [0.15, 0.2) is 23.0 Å². The molecule has 0 aliphatic rings. The molecule has 8 heteroatoms. The van der Waals surface area contributed by atoms with E-state index in [0.29, 0.717) is 13.2 Å². The van der Waals surface area contributed by atoms with Crippen molar-refractivity contribution in [1.29, 1.82) is 5.26 Å². The maximum atomic E-state index is 9.09. The number of oxime groups is 2. The van der Waals surface area contributed by atoms with Gasteiger partial charge in [-0.15, -0.1) is 0 Å². The van der Waals surface area contributed by atoms with Gasteiger partial charge in [0.2, 0.25) is 11.5 Å². The molecule has 0 bridgehead atoms. The predicted octanol–water partition coefficient (Wildman–Crippen LogP) is 1.17. The van der Waals surface area contributed by atoms with Gasteiger partial charge in [0.05, 0.1) is 0 Å². The van der Waals surface area contributed by atoms with Gasteiger partial charge < -0.3 is 9.68 Å². The highest BCUT2D eigenvalue weighted by molar-refractivity contribution is 6.47. The number of aromatic nitrogens is 3. The summed E-state index contributed by atoms with van der Waals surface area (Å²) in [6.07, 6.45) is 4.58. The first kappa shape index (κ1) is 14.6. The van der Waals surface area contributed by atoms with Crippen LogP contribution in [0, 0.1) is 11.3 Å². The number of unbranched alkanes of at least 4 members (excludes halogenated alkanes) is 1. The zero-order chi connectivity index (χ0) is 13.9. The van der Waals surface area contributed by atoms with Crippen molar-refractivity contribution in [2.24, 2.45) is 10.3 Å². The Morgan fingerprint density at radius 2 is 2.21 bits per heavy atom. The smallest absolute Gasteiger partial charge is 0.234 e. The molecule has 1 rings (SSSR count). The first-order valence-corrected chi connectivity index (χ1v) is 5.98. The van der Waals surface area contributed by atoms with Crippen molar-refractivity contribution >= 4 is 11.5 Å². The van der Waals surface area contributed by atoms with Crippen molar-refractivity contribution in [1.82, 2.24) is 14.8 Å². The fourth-order valence-electron chi connectivity index (χ4n) is 1.07. The second-order valence-electron chi connectivity index (χ2n) is 3.41. The number of hydrogen-bond donors (Lipinski definition) is 0.